The Morgan fingerprint density at radius 2 is 2.05 bits per heavy atom. The summed E-state index contributed by atoms with van der Waals surface area (Å²) in [5.74, 6) is -0.359. The van der Waals surface area contributed by atoms with Crippen LogP contribution in [0, 0.1) is 0 Å². The number of hydrogen-bond donors (Lipinski definition) is 0. The second-order valence-corrected chi connectivity index (χ2v) is 4.01. The van der Waals surface area contributed by atoms with Gasteiger partial charge in [-0.05, 0) is 12.0 Å². The Kier molecular flexibility index (Phi) is 5.57. The van der Waals surface area contributed by atoms with Crippen LogP contribution >= 0.6 is 12.4 Å². The fourth-order valence-corrected chi connectivity index (χ4v) is 2.08. The Morgan fingerprint density at radius 1 is 1.37 bits per heavy atom. The number of carbonyl (C=O) groups excluding carboxylic acids is 1. The molecule has 2 rings (SSSR count). The van der Waals surface area contributed by atoms with Crippen LogP contribution in [-0.2, 0) is 4.74 Å². The number of methoxy groups -OCH3 is 1. The molecular weight excluding hydrogens is 264 g/mol. The van der Waals surface area contributed by atoms with Crippen LogP contribution < -0.4 is 0 Å². The van der Waals surface area contributed by atoms with Gasteiger partial charge in [0.2, 0.25) is 0 Å². The molecule has 1 heterocycles. The van der Waals surface area contributed by atoms with Gasteiger partial charge in [0.1, 0.15) is 5.69 Å². The molecule has 0 fully saturated rings. The van der Waals surface area contributed by atoms with E-state index in [1.807, 2.05) is 22.8 Å². The molecule has 0 saturated carbocycles. The number of benzene rings is 1. The Labute approximate surface area is 118 Å². The van der Waals surface area contributed by atoms with Crippen LogP contribution in [0.4, 0.5) is 0 Å². The average molecular weight is 281 g/mol. The van der Waals surface area contributed by atoms with E-state index in [1.165, 1.54) is 13.3 Å². The number of imidazole rings is 1. The summed E-state index contributed by atoms with van der Waals surface area (Å²) >= 11 is 0. The highest BCUT2D eigenvalue weighted by molar-refractivity contribution is 5.87. The first-order valence-corrected chi connectivity index (χ1v) is 5.93. The SMILES string of the molecule is CCC(c1ccccc1)n1cncc1C(=O)OC.Cl. The fourth-order valence-electron chi connectivity index (χ4n) is 2.08. The summed E-state index contributed by atoms with van der Waals surface area (Å²) in [6, 6.07) is 10.2. The number of ether oxygens (including phenoxy) is 1. The summed E-state index contributed by atoms with van der Waals surface area (Å²) in [5.41, 5.74) is 1.64. The first-order valence-electron chi connectivity index (χ1n) is 5.93. The van der Waals surface area contributed by atoms with Crippen molar-refractivity contribution in [2.45, 2.75) is 19.4 Å². The largest absolute Gasteiger partial charge is 0.464 e. The molecule has 19 heavy (non-hydrogen) atoms. The van der Waals surface area contributed by atoms with E-state index in [1.54, 1.807) is 6.33 Å². The van der Waals surface area contributed by atoms with Crippen LogP contribution in [0.3, 0.4) is 0 Å². The van der Waals surface area contributed by atoms with Crippen molar-refractivity contribution in [1.29, 1.82) is 0 Å². The van der Waals surface area contributed by atoms with Crippen LogP contribution in [0.25, 0.3) is 0 Å². The van der Waals surface area contributed by atoms with E-state index in [4.69, 9.17) is 4.74 Å². The maximum atomic E-state index is 11.7. The van der Waals surface area contributed by atoms with Gasteiger partial charge < -0.3 is 9.30 Å². The molecule has 1 atom stereocenters. The Balaban J connectivity index is 0.00000180. The molecule has 0 aliphatic rings. The molecule has 1 aromatic carbocycles. The number of hydrogen-bond acceptors (Lipinski definition) is 3. The van der Waals surface area contributed by atoms with Crippen molar-refractivity contribution in [1.82, 2.24) is 9.55 Å². The standard InChI is InChI=1S/C14H16N2O2.ClH/c1-3-12(11-7-5-4-6-8-11)16-10-15-9-13(16)14(17)18-2;/h4-10,12H,3H2,1-2H3;1H. The molecule has 0 spiro atoms. The number of aromatic nitrogens is 2. The molecular formula is C14H17ClN2O2. The summed E-state index contributed by atoms with van der Waals surface area (Å²) in [4.78, 5) is 15.7. The lowest BCUT2D eigenvalue weighted by Gasteiger charge is -2.19. The number of esters is 1. The normalized spacial score (nSPS) is 11.5. The van der Waals surface area contributed by atoms with Crippen molar-refractivity contribution < 1.29 is 9.53 Å². The van der Waals surface area contributed by atoms with Crippen molar-refractivity contribution >= 4 is 18.4 Å². The van der Waals surface area contributed by atoms with Crippen molar-refractivity contribution in [3.05, 3.63) is 54.1 Å². The van der Waals surface area contributed by atoms with Gasteiger partial charge >= 0.3 is 5.97 Å². The number of nitrogens with zero attached hydrogens (tertiary/aromatic N) is 2. The van der Waals surface area contributed by atoms with Gasteiger partial charge in [0, 0.05) is 0 Å². The minimum absolute atomic E-state index is 0. The molecule has 0 aliphatic heterocycles. The zero-order chi connectivity index (χ0) is 13.0. The summed E-state index contributed by atoms with van der Waals surface area (Å²) in [5, 5.41) is 0. The zero-order valence-electron chi connectivity index (χ0n) is 10.9. The Morgan fingerprint density at radius 3 is 2.63 bits per heavy atom. The van der Waals surface area contributed by atoms with Gasteiger partial charge in [0.05, 0.1) is 25.7 Å². The summed E-state index contributed by atoms with van der Waals surface area (Å²) < 4.78 is 6.63. The lowest BCUT2D eigenvalue weighted by atomic mass is 10.0. The van der Waals surface area contributed by atoms with Crippen molar-refractivity contribution in [3.8, 4) is 0 Å². The van der Waals surface area contributed by atoms with Gasteiger partial charge in [-0.2, -0.15) is 0 Å². The maximum Gasteiger partial charge on any atom is 0.356 e. The predicted octanol–water partition coefficient (Wildman–Crippen LogP) is 3.09. The second kappa shape index (κ2) is 6.95. The maximum absolute atomic E-state index is 11.7. The topological polar surface area (TPSA) is 44.1 Å². The zero-order valence-corrected chi connectivity index (χ0v) is 11.8. The van der Waals surface area contributed by atoms with Gasteiger partial charge in [-0.3, -0.25) is 0 Å². The Bertz CT molecular complexity index is 525. The molecule has 0 N–H and O–H groups in total. The number of carbonyl (C=O) groups is 1. The molecule has 0 radical (unpaired) electrons. The van der Waals surface area contributed by atoms with Crippen LogP contribution in [0.15, 0.2) is 42.9 Å². The minimum atomic E-state index is -0.359. The lowest BCUT2D eigenvalue weighted by Crippen LogP contribution is -2.16. The van der Waals surface area contributed by atoms with E-state index in [0.29, 0.717) is 5.69 Å². The van der Waals surface area contributed by atoms with Crippen molar-refractivity contribution in [3.63, 3.8) is 0 Å². The molecule has 1 aromatic heterocycles. The van der Waals surface area contributed by atoms with E-state index in [0.717, 1.165) is 12.0 Å². The molecule has 0 saturated heterocycles. The van der Waals surface area contributed by atoms with E-state index in [2.05, 4.69) is 24.0 Å². The van der Waals surface area contributed by atoms with Gasteiger partial charge in [-0.25, -0.2) is 9.78 Å². The molecule has 5 heteroatoms. The van der Waals surface area contributed by atoms with E-state index in [9.17, 15) is 4.79 Å². The van der Waals surface area contributed by atoms with Crippen LogP contribution in [0.1, 0.15) is 35.4 Å². The predicted molar refractivity (Wildman–Crippen MR) is 75.7 cm³/mol. The fraction of sp³-hybridized carbons (Fsp3) is 0.286. The molecule has 0 bridgehead atoms. The third-order valence-corrected chi connectivity index (χ3v) is 2.97. The molecule has 2 aromatic rings. The first kappa shape index (κ1) is 15.2. The summed E-state index contributed by atoms with van der Waals surface area (Å²) in [6.45, 7) is 2.08. The molecule has 4 nitrogen and oxygen atoms in total. The van der Waals surface area contributed by atoms with Crippen LogP contribution in [-0.4, -0.2) is 22.6 Å². The monoisotopic (exact) mass is 280 g/mol. The molecule has 1 unspecified atom stereocenters. The third kappa shape index (κ3) is 3.15. The van der Waals surface area contributed by atoms with E-state index < -0.39 is 0 Å². The Hall–Kier alpha value is -1.81. The van der Waals surface area contributed by atoms with E-state index in [-0.39, 0.29) is 24.4 Å². The van der Waals surface area contributed by atoms with Crippen LogP contribution in [0.5, 0.6) is 0 Å². The molecule has 102 valence electrons. The molecule has 0 aliphatic carbocycles. The number of rotatable bonds is 4. The van der Waals surface area contributed by atoms with Gasteiger partial charge in [-0.1, -0.05) is 37.3 Å². The quantitative estimate of drug-likeness (QED) is 0.809. The first-order chi connectivity index (χ1) is 8.77. The molecule has 0 amide bonds. The van der Waals surface area contributed by atoms with Gasteiger partial charge in [0.25, 0.3) is 0 Å². The van der Waals surface area contributed by atoms with E-state index >= 15 is 0 Å². The van der Waals surface area contributed by atoms with Crippen LogP contribution in [0.2, 0.25) is 0 Å². The summed E-state index contributed by atoms with van der Waals surface area (Å²) in [6.07, 6.45) is 4.09. The highest BCUT2D eigenvalue weighted by Crippen LogP contribution is 2.23. The lowest BCUT2D eigenvalue weighted by molar-refractivity contribution is 0.0587. The minimum Gasteiger partial charge on any atom is -0.464 e. The smallest absolute Gasteiger partial charge is 0.356 e. The van der Waals surface area contributed by atoms with Gasteiger partial charge in [-0.15, -0.1) is 12.4 Å². The van der Waals surface area contributed by atoms with Gasteiger partial charge in [0.15, 0.2) is 0 Å². The summed E-state index contributed by atoms with van der Waals surface area (Å²) in [7, 11) is 1.38. The highest BCUT2D eigenvalue weighted by Gasteiger charge is 2.19. The van der Waals surface area contributed by atoms with Crippen molar-refractivity contribution in [2.24, 2.45) is 0 Å². The third-order valence-electron chi connectivity index (χ3n) is 2.97. The number of halogens is 1. The van der Waals surface area contributed by atoms with Crippen molar-refractivity contribution in [2.75, 3.05) is 7.11 Å². The second-order valence-electron chi connectivity index (χ2n) is 4.01. The average Bonchev–Trinajstić information content (AvgIpc) is 2.89. The highest BCUT2D eigenvalue weighted by atomic mass is 35.5.